The molecule has 0 aromatic carbocycles. The number of hydrogen-bond donors (Lipinski definition) is 2. The third-order valence-electron chi connectivity index (χ3n) is 5.09. The third-order valence-corrected chi connectivity index (χ3v) is 5.82. The van der Waals surface area contributed by atoms with Crippen molar-refractivity contribution in [1.82, 2.24) is 10.3 Å². The molecule has 8 heteroatoms. The summed E-state index contributed by atoms with van der Waals surface area (Å²) in [4.78, 5) is 20.9. The summed E-state index contributed by atoms with van der Waals surface area (Å²) in [6.45, 7) is 8.03. The SMILES string of the molecule is CC(C)C[C@@H](C(N)=O)N(CC#N)c1cscc1-c1ccc(N2CCNCC2)nc1. The third kappa shape index (κ3) is 5.05. The van der Waals surface area contributed by atoms with Crippen LogP contribution in [0, 0.1) is 17.2 Å². The number of carbonyl (C=O) groups is 1. The average Bonchev–Trinajstić information content (AvgIpc) is 3.20. The van der Waals surface area contributed by atoms with Gasteiger partial charge in [-0.15, -0.1) is 11.3 Å². The molecule has 0 unspecified atom stereocenters. The number of carbonyl (C=O) groups excluding carboxylic acids is 1. The smallest absolute Gasteiger partial charge is 0.240 e. The number of nitrogens with one attached hydrogen (secondary N) is 1. The molecular weight excluding hydrogens is 384 g/mol. The Balaban J connectivity index is 1.89. The van der Waals surface area contributed by atoms with Gasteiger partial charge >= 0.3 is 0 Å². The van der Waals surface area contributed by atoms with Gasteiger partial charge in [0.05, 0.1) is 11.8 Å². The summed E-state index contributed by atoms with van der Waals surface area (Å²) in [5, 5.41) is 16.7. The first-order valence-corrected chi connectivity index (χ1v) is 10.9. The number of nitrogens with two attached hydrogens (primary N) is 1. The molecule has 1 fully saturated rings. The highest BCUT2D eigenvalue weighted by Gasteiger charge is 2.27. The summed E-state index contributed by atoms with van der Waals surface area (Å²) < 4.78 is 0. The number of primary amides is 1. The number of nitrogens with zero attached hydrogens (tertiary/aromatic N) is 4. The van der Waals surface area contributed by atoms with Crippen molar-refractivity contribution in [2.24, 2.45) is 11.7 Å². The molecule has 0 radical (unpaired) electrons. The first-order valence-electron chi connectivity index (χ1n) is 9.92. The second kappa shape index (κ2) is 9.72. The normalized spacial score (nSPS) is 15.2. The molecule has 0 spiro atoms. The lowest BCUT2D eigenvalue weighted by atomic mass is 10.00. The van der Waals surface area contributed by atoms with Gasteiger partial charge in [-0.1, -0.05) is 13.8 Å². The van der Waals surface area contributed by atoms with E-state index in [1.165, 1.54) is 0 Å². The molecule has 1 amide bonds. The molecular formula is C21H28N6OS. The van der Waals surface area contributed by atoms with Crippen molar-refractivity contribution in [2.45, 2.75) is 26.3 Å². The van der Waals surface area contributed by atoms with Crippen LogP contribution in [0.5, 0.6) is 0 Å². The van der Waals surface area contributed by atoms with Gasteiger partial charge in [-0.25, -0.2) is 4.98 Å². The predicted molar refractivity (Wildman–Crippen MR) is 118 cm³/mol. The van der Waals surface area contributed by atoms with Crippen molar-refractivity contribution in [3.8, 4) is 17.2 Å². The molecule has 7 nitrogen and oxygen atoms in total. The quantitative estimate of drug-likeness (QED) is 0.646. The van der Waals surface area contributed by atoms with Crippen LogP contribution in [0.4, 0.5) is 11.5 Å². The van der Waals surface area contributed by atoms with Gasteiger partial charge in [0.1, 0.15) is 18.4 Å². The number of pyridine rings is 1. The van der Waals surface area contributed by atoms with Crippen molar-refractivity contribution in [3.63, 3.8) is 0 Å². The lowest BCUT2D eigenvalue weighted by Gasteiger charge is -2.31. The van der Waals surface area contributed by atoms with Crippen molar-refractivity contribution in [3.05, 3.63) is 29.1 Å². The van der Waals surface area contributed by atoms with Gasteiger partial charge in [-0.2, -0.15) is 5.26 Å². The lowest BCUT2D eigenvalue weighted by Crippen LogP contribution is -2.46. The van der Waals surface area contributed by atoms with Gasteiger partial charge < -0.3 is 20.9 Å². The number of aromatic nitrogens is 1. The van der Waals surface area contributed by atoms with Gasteiger partial charge in [0.2, 0.25) is 5.91 Å². The molecule has 3 N–H and O–H groups in total. The molecule has 29 heavy (non-hydrogen) atoms. The van der Waals surface area contributed by atoms with Crippen LogP contribution in [0.25, 0.3) is 11.1 Å². The van der Waals surface area contributed by atoms with Gasteiger partial charge in [-0.05, 0) is 24.5 Å². The minimum Gasteiger partial charge on any atom is -0.368 e. The number of anilines is 2. The zero-order chi connectivity index (χ0) is 20.8. The Morgan fingerprint density at radius 1 is 1.38 bits per heavy atom. The fourth-order valence-corrected chi connectivity index (χ4v) is 4.49. The lowest BCUT2D eigenvalue weighted by molar-refractivity contribution is -0.119. The van der Waals surface area contributed by atoms with Crippen LogP contribution in [0.2, 0.25) is 0 Å². The molecule has 0 saturated carbocycles. The number of nitriles is 1. The number of hydrogen-bond acceptors (Lipinski definition) is 7. The van der Waals surface area contributed by atoms with E-state index in [1.54, 1.807) is 11.3 Å². The van der Waals surface area contributed by atoms with E-state index in [2.05, 4.69) is 27.3 Å². The summed E-state index contributed by atoms with van der Waals surface area (Å²) in [5.41, 5.74) is 8.50. The number of thiophene rings is 1. The Morgan fingerprint density at radius 3 is 2.72 bits per heavy atom. The van der Waals surface area contributed by atoms with Gasteiger partial charge in [0, 0.05) is 54.3 Å². The Labute approximate surface area is 176 Å². The second-order valence-electron chi connectivity index (χ2n) is 7.65. The Kier molecular flexibility index (Phi) is 7.07. The Morgan fingerprint density at radius 2 is 2.14 bits per heavy atom. The monoisotopic (exact) mass is 412 g/mol. The predicted octanol–water partition coefficient (Wildman–Crippen LogP) is 2.45. The van der Waals surface area contributed by atoms with Crippen molar-refractivity contribution >= 4 is 28.7 Å². The fraction of sp³-hybridized carbons (Fsp3) is 0.476. The minimum atomic E-state index is -0.518. The highest BCUT2D eigenvalue weighted by Crippen LogP contribution is 2.36. The molecule has 1 saturated heterocycles. The average molecular weight is 413 g/mol. The fourth-order valence-electron chi connectivity index (χ4n) is 3.64. The Bertz CT molecular complexity index is 851. The first kappa shape index (κ1) is 21.1. The van der Waals surface area contributed by atoms with E-state index in [4.69, 9.17) is 5.73 Å². The van der Waals surface area contributed by atoms with Crippen LogP contribution >= 0.6 is 11.3 Å². The molecule has 3 heterocycles. The molecule has 0 bridgehead atoms. The van der Waals surface area contributed by atoms with E-state index in [0.29, 0.717) is 6.42 Å². The standard InChI is InChI=1S/C21H28N6OS/c1-15(2)11-18(21(23)28)27(8-5-22)19-14-29-13-17(19)16-3-4-20(25-12-16)26-9-6-24-7-10-26/h3-4,12-15,18,24H,6-11H2,1-2H3,(H2,23,28)/t18-/m0/s1. The molecule has 1 atom stereocenters. The van der Waals surface area contributed by atoms with E-state index < -0.39 is 11.9 Å². The Hall–Kier alpha value is -2.63. The topological polar surface area (TPSA) is 98.3 Å². The zero-order valence-corrected chi connectivity index (χ0v) is 17.8. The van der Waals surface area contributed by atoms with E-state index in [1.807, 2.05) is 41.8 Å². The molecule has 1 aliphatic heterocycles. The molecule has 1 aliphatic rings. The summed E-state index contributed by atoms with van der Waals surface area (Å²) in [6.07, 6.45) is 2.47. The molecule has 0 aliphatic carbocycles. The first-order chi connectivity index (χ1) is 14.0. The molecule has 3 rings (SSSR count). The van der Waals surface area contributed by atoms with Crippen LogP contribution in [0.3, 0.4) is 0 Å². The van der Waals surface area contributed by atoms with Gasteiger partial charge in [0.15, 0.2) is 0 Å². The van der Waals surface area contributed by atoms with Crippen LogP contribution in [0.1, 0.15) is 20.3 Å². The van der Waals surface area contributed by atoms with Crippen molar-refractivity contribution in [2.75, 3.05) is 42.5 Å². The maximum atomic E-state index is 12.2. The number of piperazine rings is 1. The van der Waals surface area contributed by atoms with Crippen molar-refractivity contribution < 1.29 is 4.79 Å². The highest BCUT2D eigenvalue weighted by atomic mass is 32.1. The van der Waals surface area contributed by atoms with Crippen LogP contribution < -0.4 is 20.9 Å². The van der Waals surface area contributed by atoms with Crippen LogP contribution in [-0.4, -0.2) is 49.7 Å². The van der Waals surface area contributed by atoms with E-state index in [9.17, 15) is 10.1 Å². The van der Waals surface area contributed by atoms with E-state index in [-0.39, 0.29) is 12.5 Å². The van der Waals surface area contributed by atoms with Crippen molar-refractivity contribution in [1.29, 1.82) is 5.26 Å². The summed E-state index contributed by atoms with van der Waals surface area (Å²) in [7, 11) is 0. The zero-order valence-electron chi connectivity index (χ0n) is 17.0. The maximum absolute atomic E-state index is 12.2. The van der Waals surface area contributed by atoms with Gasteiger partial charge in [-0.3, -0.25) is 4.79 Å². The van der Waals surface area contributed by atoms with Crippen LogP contribution in [0.15, 0.2) is 29.1 Å². The number of amides is 1. The molecule has 2 aromatic heterocycles. The van der Waals surface area contributed by atoms with Crippen LogP contribution in [-0.2, 0) is 4.79 Å². The number of rotatable bonds is 8. The van der Waals surface area contributed by atoms with E-state index in [0.717, 1.165) is 48.8 Å². The summed E-state index contributed by atoms with van der Waals surface area (Å²) >= 11 is 1.55. The highest BCUT2D eigenvalue weighted by molar-refractivity contribution is 7.08. The summed E-state index contributed by atoms with van der Waals surface area (Å²) in [6, 6.07) is 5.77. The molecule has 154 valence electrons. The minimum absolute atomic E-state index is 0.107. The van der Waals surface area contributed by atoms with E-state index >= 15 is 0 Å². The maximum Gasteiger partial charge on any atom is 0.240 e. The largest absolute Gasteiger partial charge is 0.368 e. The second-order valence-corrected chi connectivity index (χ2v) is 8.39. The summed E-state index contributed by atoms with van der Waals surface area (Å²) in [5.74, 6) is 0.852. The molecule has 2 aromatic rings. The van der Waals surface area contributed by atoms with Gasteiger partial charge in [0.25, 0.3) is 0 Å².